The van der Waals surface area contributed by atoms with Crippen LogP contribution < -0.4 is 9.47 Å². The largest absolute Gasteiger partial charge is 0.479 e. The number of carbonyl (C=O) groups is 1. The molecule has 0 saturated heterocycles. The van der Waals surface area contributed by atoms with Crippen LogP contribution in [0, 0.1) is 6.92 Å². The molecule has 23 heavy (non-hydrogen) atoms. The van der Waals surface area contributed by atoms with Gasteiger partial charge in [0.05, 0.1) is 0 Å². The standard InChI is InChI=1S/C20H18O3/c1-14-6-5-9-18(12-14)22-15(2)20(21)23-19-11-10-16-7-3-4-8-17(16)13-19/h3-13,15H,1-2H3/t15-/m1/s1. The first-order chi connectivity index (χ1) is 11.1. The second-order valence-electron chi connectivity index (χ2n) is 5.51. The molecule has 116 valence electrons. The number of aryl methyl sites for hydroxylation is 1. The summed E-state index contributed by atoms with van der Waals surface area (Å²) in [6, 6.07) is 21.1. The second kappa shape index (κ2) is 6.53. The molecule has 0 aliphatic heterocycles. The van der Waals surface area contributed by atoms with Gasteiger partial charge in [-0.1, -0.05) is 42.5 Å². The predicted molar refractivity (Wildman–Crippen MR) is 90.9 cm³/mol. The van der Waals surface area contributed by atoms with Gasteiger partial charge in [0.2, 0.25) is 0 Å². The maximum Gasteiger partial charge on any atom is 0.352 e. The Labute approximate surface area is 135 Å². The number of rotatable bonds is 4. The first kappa shape index (κ1) is 15.1. The maximum absolute atomic E-state index is 12.2. The van der Waals surface area contributed by atoms with Crippen molar-refractivity contribution in [2.75, 3.05) is 0 Å². The lowest BCUT2D eigenvalue weighted by Crippen LogP contribution is -2.28. The Morgan fingerprint density at radius 2 is 1.65 bits per heavy atom. The fourth-order valence-corrected chi connectivity index (χ4v) is 2.37. The molecule has 0 radical (unpaired) electrons. The highest BCUT2D eigenvalue weighted by atomic mass is 16.6. The lowest BCUT2D eigenvalue weighted by Gasteiger charge is -2.14. The molecule has 3 rings (SSSR count). The number of hydrogen-bond acceptors (Lipinski definition) is 3. The van der Waals surface area contributed by atoms with Crippen LogP contribution in [0.4, 0.5) is 0 Å². The Bertz CT molecular complexity index is 839. The van der Waals surface area contributed by atoms with E-state index in [1.165, 1.54) is 0 Å². The van der Waals surface area contributed by atoms with Crippen LogP contribution in [-0.4, -0.2) is 12.1 Å². The van der Waals surface area contributed by atoms with E-state index < -0.39 is 12.1 Å². The van der Waals surface area contributed by atoms with E-state index >= 15 is 0 Å². The van der Waals surface area contributed by atoms with Gasteiger partial charge in [0.1, 0.15) is 11.5 Å². The summed E-state index contributed by atoms with van der Waals surface area (Å²) >= 11 is 0. The first-order valence-corrected chi connectivity index (χ1v) is 7.55. The Hall–Kier alpha value is -2.81. The smallest absolute Gasteiger partial charge is 0.352 e. The zero-order chi connectivity index (χ0) is 16.2. The number of carbonyl (C=O) groups excluding carboxylic acids is 1. The summed E-state index contributed by atoms with van der Waals surface area (Å²) < 4.78 is 11.1. The van der Waals surface area contributed by atoms with Crippen molar-refractivity contribution in [2.24, 2.45) is 0 Å². The molecule has 0 fully saturated rings. The average Bonchev–Trinajstić information content (AvgIpc) is 2.54. The van der Waals surface area contributed by atoms with Gasteiger partial charge in [-0.2, -0.15) is 0 Å². The fourth-order valence-electron chi connectivity index (χ4n) is 2.37. The quantitative estimate of drug-likeness (QED) is 0.525. The van der Waals surface area contributed by atoms with Gasteiger partial charge in [0.15, 0.2) is 6.10 Å². The van der Waals surface area contributed by atoms with Gasteiger partial charge in [-0.05, 0) is 54.4 Å². The van der Waals surface area contributed by atoms with E-state index in [4.69, 9.17) is 9.47 Å². The molecule has 0 aliphatic carbocycles. The van der Waals surface area contributed by atoms with Crippen molar-refractivity contribution < 1.29 is 14.3 Å². The highest BCUT2D eigenvalue weighted by Gasteiger charge is 2.17. The molecule has 3 aromatic rings. The van der Waals surface area contributed by atoms with Crippen LogP contribution in [0.25, 0.3) is 10.8 Å². The summed E-state index contributed by atoms with van der Waals surface area (Å²) in [5.74, 6) is 0.767. The number of ether oxygens (including phenoxy) is 2. The van der Waals surface area contributed by atoms with Crippen molar-refractivity contribution in [2.45, 2.75) is 20.0 Å². The Kier molecular flexibility index (Phi) is 4.29. The van der Waals surface area contributed by atoms with E-state index in [1.807, 2.05) is 67.6 Å². The topological polar surface area (TPSA) is 35.5 Å². The van der Waals surface area contributed by atoms with Crippen LogP contribution >= 0.6 is 0 Å². The van der Waals surface area contributed by atoms with E-state index in [2.05, 4.69) is 0 Å². The number of fused-ring (bicyclic) bond motifs is 1. The number of esters is 1. The Morgan fingerprint density at radius 3 is 2.43 bits per heavy atom. The third kappa shape index (κ3) is 3.69. The van der Waals surface area contributed by atoms with Crippen LogP contribution in [0.5, 0.6) is 11.5 Å². The second-order valence-corrected chi connectivity index (χ2v) is 5.51. The zero-order valence-corrected chi connectivity index (χ0v) is 13.2. The van der Waals surface area contributed by atoms with Gasteiger partial charge < -0.3 is 9.47 Å². The molecular weight excluding hydrogens is 288 g/mol. The Balaban J connectivity index is 1.69. The molecule has 3 nitrogen and oxygen atoms in total. The van der Waals surface area contributed by atoms with Crippen molar-refractivity contribution in [3.05, 3.63) is 72.3 Å². The zero-order valence-electron chi connectivity index (χ0n) is 13.2. The molecule has 0 unspecified atom stereocenters. The molecular formula is C20H18O3. The molecule has 1 atom stereocenters. The third-order valence-electron chi connectivity index (χ3n) is 3.57. The fraction of sp³-hybridized carbons (Fsp3) is 0.150. The van der Waals surface area contributed by atoms with Crippen LogP contribution in [-0.2, 0) is 4.79 Å². The summed E-state index contributed by atoms with van der Waals surface area (Å²) in [5.41, 5.74) is 1.08. The summed E-state index contributed by atoms with van der Waals surface area (Å²) in [6.45, 7) is 3.66. The lowest BCUT2D eigenvalue weighted by molar-refractivity contribution is -0.141. The molecule has 0 saturated carbocycles. The first-order valence-electron chi connectivity index (χ1n) is 7.55. The minimum atomic E-state index is -0.678. The molecule has 3 heteroatoms. The molecule has 0 bridgehead atoms. The van der Waals surface area contributed by atoms with E-state index in [0.717, 1.165) is 16.3 Å². The molecule has 0 aliphatic rings. The van der Waals surface area contributed by atoms with Crippen molar-refractivity contribution >= 4 is 16.7 Å². The predicted octanol–water partition coefficient (Wildman–Crippen LogP) is 4.52. The minimum Gasteiger partial charge on any atom is -0.479 e. The summed E-state index contributed by atoms with van der Waals surface area (Å²) in [4.78, 5) is 12.2. The molecule has 0 N–H and O–H groups in total. The third-order valence-corrected chi connectivity index (χ3v) is 3.57. The van der Waals surface area contributed by atoms with Gasteiger partial charge in [0.25, 0.3) is 0 Å². The van der Waals surface area contributed by atoms with Crippen molar-refractivity contribution in [1.29, 1.82) is 0 Å². The van der Waals surface area contributed by atoms with E-state index in [1.54, 1.807) is 13.0 Å². The van der Waals surface area contributed by atoms with E-state index in [9.17, 15) is 4.79 Å². The molecule has 0 heterocycles. The monoisotopic (exact) mass is 306 g/mol. The number of hydrogen-bond donors (Lipinski definition) is 0. The van der Waals surface area contributed by atoms with Gasteiger partial charge in [-0.15, -0.1) is 0 Å². The van der Waals surface area contributed by atoms with Gasteiger partial charge in [0, 0.05) is 0 Å². The van der Waals surface area contributed by atoms with E-state index in [0.29, 0.717) is 11.5 Å². The van der Waals surface area contributed by atoms with Crippen LogP contribution in [0.2, 0.25) is 0 Å². The highest BCUT2D eigenvalue weighted by molar-refractivity contribution is 5.85. The normalized spacial score (nSPS) is 11.9. The SMILES string of the molecule is Cc1cccc(O[C@H](C)C(=O)Oc2ccc3ccccc3c2)c1. The average molecular weight is 306 g/mol. The van der Waals surface area contributed by atoms with Crippen molar-refractivity contribution in [3.63, 3.8) is 0 Å². The van der Waals surface area contributed by atoms with Crippen molar-refractivity contribution in [3.8, 4) is 11.5 Å². The van der Waals surface area contributed by atoms with E-state index in [-0.39, 0.29) is 0 Å². The van der Waals surface area contributed by atoms with Crippen LogP contribution in [0.15, 0.2) is 66.7 Å². The lowest BCUT2D eigenvalue weighted by atomic mass is 10.1. The van der Waals surface area contributed by atoms with Crippen LogP contribution in [0.1, 0.15) is 12.5 Å². The van der Waals surface area contributed by atoms with Crippen LogP contribution in [0.3, 0.4) is 0 Å². The Morgan fingerprint density at radius 1 is 0.870 bits per heavy atom. The van der Waals surface area contributed by atoms with Gasteiger partial charge in [-0.3, -0.25) is 0 Å². The maximum atomic E-state index is 12.2. The summed E-state index contributed by atoms with van der Waals surface area (Å²) in [5, 5.41) is 2.14. The molecule has 0 amide bonds. The number of benzene rings is 3. The summed E-state index contributed by atoms with van der Waals surface area (Å²) in [7, 11) is 0. The minimum absolute atomic E-state index is 0.415. The molecule has 0 aromatic heterocycles. The molecule has 0 spiro atoms. The van der Waals surface area contributed by atoms with Gasteiger partial charge in [-0.25, -0.2) is 4.79 Å². The molecule has 3 aromatic carbocycles. The van der Waals surface area contributed by atoms with Gasteiger partial charge >= 0.3 is 5.97 Å². The summed E-state index contributed by atoms with van der Waals surface area (Å²) in [6.07, 6.45) is -0.678. The van der Waals surface area contributed by atoms with Crippen molar-refractivity contribution in [1.82, 2.24) is 0 Å². The highest BCUT2D eigenvalue weighted by Crippen LogP contribution is 2.21.